The summed E-state index contributed by atoms with van der Waals surface area (Å²) in [5.74, 6) is 5.50. The van der Waals surface area contributed by atoms with Crippen LogP contribution in [0.1, 0.15) is 127 Å². The third kappa shape index (κ3) is 7.70. The molecule has 0 aromatic heterocycles. The van der Waals surface area contributed by atoms with Crippen LogP contribution in [0.2, 0.25) is 0 Å². The second-order valence-electron chi connectivity index (χ2n) is 10.7. The molecule has 0 radical (unpaired) electrons. The molecule has 0 bridgehead atoms. The van der Waals surface area contributed by atoms with Gasteiger partial charge in [-0.3, -0.25) is 0 Å². The third-order valence-corrected chi connectivity index (χ3v) is 8.47. The van der Waals surface area contributed by atoms with Crippen LogP contribution in [0.25, 0.3) is 11.1 Å². The number of benzene rings is 2. The SMILES string of the molecule is C#CCC1CCC(c2ccc(-c3ccc(C4CCC(CCCCC)CC4)cc3F)cc2)CC1.CC. The average Bonchev–Trinajstić information content (AvgIpc) is 2.91. The molecule has 2 fully saturated rings. The van der Waals surface area contributed by atoms with E-state index >= 15 is 4.39 Å². The van der Waals surface area contributed by atoms with Gasteiger partial charge in [0.05, 0.1) is 0 Å². The van der Waals surface area contributed by atoms with Gasteiger partial charge >= 0.3 is 0 Å². The Morgan fingerprint density at radius 2 is 1.34 bits per heavy atom. The summed E-state index contributed by atoms with van der Waals surface area (Å²) in [6.45, 7) is 6.28. The average molecular weight is 475 g/mol. The summed E-state index contributed by atoms with van der Waals surface area (Å²) in [6.07, 6.45) is 21.8. The van der Waals surface area contributed by atoms with Gasteiger partial charge in [-0.1, -0.05) is 82.9 Å². The Hall–Kier alpha value is -2.07. The molecule has 0 N–H and O–H groups in total. The van der Waals surface area contributed by atoms with Crippen LogP contribution in [0.5, 0.6) is 0 Å². The van der Waals surface area contributed by atoms with Crippen molar-refractivity contribution in [3.63, 3.8) is 0 Å². The van der Waals surface area contributed by atoms with Gasteiger partial charge < -0.3 is 0 Å². The minimum absolute atomic E-state index is 0.0693. The summed E-state index contributed by atoms with van der Waals surface area (Å²) in [7, 11) is 0. The van der Waals surface area contributed by atoms with Crippen LogP contribution < -0.4 is 0 Å². The van der Waals surface area contributed by atoms with Gasteiger partial charge in [-0.2, -0.15) is 0 Å². The van der Waals surface area contributed by atoms with E-state index in [0.29, 0.717) is 17.8 Å². The fraction of sp³-hybridized carbons (Fsp3) is 0.588. The van der Waals surface area contributed by atoms with Gasteiger partial charge in [0.15, 0.2) is 0 Å². The van der Waals surface area contributed by atoms with E-state index in [4.69, 9.17) is 6.42 Å². The molecule has 0 amide bonds. The first-order chi connectivity index (χ1) is 17.2. The molecule has 2 aliphatic carbocycles. The molecule has 35 heavy (non-hydrogen) atoms. The Morgan fingerprint density at radius 3 is 1.91 bits per heavy atom. The van der Waals surface area contributed by atoms with Crippen LogP contribution in [0.3, 0.4) is 0 Å². The number of hydrogen-bond acceptors (Lipinski definition) is 0. The summed E-state index contributed by atoms with van der Waals surface area (Å²) >= 11 is 0. The van der Waals surface area contributed by atoms with Crippen molar-refractivity contribution in [3.8, 4) is 23.5 Å². The topological polar surface area (TPSA) is 0 Å². The quantitative estimate of drug-likeness (QED) is 0.263. The molecule has 0 aliphatic heterocycles. The molecule has 2 saturated carbocycles. The van der Waals surface area contributed by atoms with Crippen LogP contribution in [0, 0.1) is 30.0 Å². The first-order valence-corrected chi connectivity index (χ1v) is 14.5. The maximum atomic E-state index is 15.1. The highest BCUT2D eigenvalue weighted by molar-refractivity contribution is 5.65. The molecule has 4 rings (SSSR count). The Bertz CT molecular complexity index is 903. The lowest BCUT2D eigenvalue weighted by Crippen LogP contribution is -2.13. The largest absolute Gasteiger partial charge is 0.206 e. The number of terminal acetylenes is 1. The summed E-state index contributed by atoms with van der Waals surface area (Å²) in [4.78, 5) is 0. The predicted octanol–water partition coefficient (Wildman–Crippen LogP) is 10.7. The maximum Gasteiger partial charge on any atom is 0.131 e. The minimum atomic E-state index is -0.0693. The monoisotopic (exact) mass is 474 g/mol. The van der Waals surface area contributed by atoms with Gasteiger partial charge in [-0.05, 0) is 97.8 Å². The van der Waals surface area contributed by atoms with Gasteiger partial charge in [0.2, 0.25) is 0 Å². The summed E-state index contributed by atoms with van der Waals surface area (Å²) in [6, 6.07) is 14.7. The lowest BCUT2D eigenvalue weighted by Gasteiger charge is -2.29. The van der Waals surface area contributed by atoms with Gasteiger partial charge in [0.1, 0.15) is 5.82 Å². The Balaban J connectivity index is 0.00000167. The first kappa shape index (κ1) is 27.5. The highest BCUT2D eigenvalue weighted by Gasteiger charge is 2.24. The van der Waals surface area contributed by atoms with Gasteiger partial charge in [-0.25, -0.2) is 4.39 Å². The highest BCUT2D eigenvalue weighted by atomic mass is 19.1. The zero-order chi connectivity index (χ0) is 25.0. The lowest BCUT2D eigenvalue weighted by atomic mass is 9.76. The molecule has 0 unspecified atom stereocenters. The highest BCUT2D eigenvalue weighted by Crippen LogP contribution is 2.40. The van der Waals surface area contributed by atoms with Crippen molar-refractivity contribution in [1.29, 1.82) is 0 Å². The second-order valence-corrected chi connectivity index (χ2v) is 10.7. The molecule has 0 atom stereocenters. The van der Waals surface area contributed by atoms with E-state index in [-0.39, 0.29) is 5.82 Å². The van der Waals surface area contributed by atoms with Crippen LogP contribution in [-0.4, -0.2) is 0 Å². The smallest absolute Gasteiger partial charge is 0.131 e. The van der Waals surface area contributed by atoms with Crippen LogP contribution >= 0.6 is 0 Å². The number of unbranched alkanes of at least 4 members (excludes halogenated alkanes) is 2. The summed E-state index contributed by atoms with van der Waals surface area (Å²) in [5.41, 5.74) is 4.31. The van der Waals surface area contributed by atoms with E-state index < -0.39 is 0 Å². The molecule has 0 saturated heterocycles. The Kier molecular flexibility index (Phi) is 11.4. The fourth-order valence-corrected chi connectivity index (χ4v) is 6.29. The number of rotatable bonds is 8. The molecule has 0 spiro atoms. The van der Waals surface area contributed by atoms with E-state index in [9.17, 15) is 0 Å². The van der Waals surface area contributed by atoms with E-state index in [0.717, 1.165) is 23.5 Å². The minimum Gasteiger partial charge on any atom is -0.206 e. The molecular weight excluding hydrogens is 427 g/mol. The standard InChI is InChI=1S/C32H41F.C2H6/c1-3-5-6-8-25-11-15-28(16-12-25)30-21-22-31(32(33)23-30)29-19-17-27(18-20-29)26-13-9-24(7-4-2)10-14-26;1-2/h2,17-26,28H,3,5-16H2,1H3;1-2H3. The van der Waals surface area contributed by atoms with Crippen LogP contribution in [0.15, 0.2) is 42.5 Å². The van der Waals surface area contributed by atoms with Crippen molar-refractivity contribution in [2.24, 2.45) is 11.8 Å². The van der Waals surface area contributed by atoms with Crippen LogP contribution in [-0.2, 0) is 0 Å². The van der Waals surface area contributed by atoms with E-state index in [1.807, 2.05) is 26.0 Å². The molecule has 2 aromatic rings. The molecule has 1 heteroatoms. The van der Waals surface area contributed by atoms with Crippen molar-refractivity contribution in [1.82, 2.24) is 0 Å². The molecule has 2 aromatic carbocycles. The molecular formula is C34H47F. The molecule has 190 valence electrons. The van der Waals surface area contributed by atoms with Crippen molar-refractivity contribution >= 4 is 0 Å². The predicted molar refractivity (Wildman–Crippen MR) is 150 cm³/mol. The normalized spacial score (nSPS) is 24.2. The van der Waals surface area contributed by atoms with E-state index in [2.05, 4.69) is 43.2 Å². The lowest BCUT2D eigenvalue weighted by molar-refractivity contribution is 0.302. The molecule has 0 nitrogen and oxygen atoms in total. The maximum absolute atomic E-state index is 15.1. The zero-order valence-corrected chi connectivity index (χ0v) is 22.5. The number of hydrogen-bond donors (Lipinski definition) is 0. The van der Waals surface area contributed by atoms with Crippen LogP contribution in [0.4, 0.5) is 4.39 Å². The summed E-state index contributed by atoms with van der Waals surface area (Å²) in [5, 5.41) is 0. The Labute approximate surface area is 215 Å². The van der Waals surface area contributed by atoms with Gasteiger partial charge in [0.25, 0.3) is 0 Å². The number of halogens is 1. The Morgan fingerprint density at radius 1 is 0.771 bits per heavy atom. The van der Waals surface area contributed by atoms with E-state index in [1.165, 1.54) is 88.2 Å². The van der Waals surface area contributed by atoms with Crippen molar-refractivity contribution in [3.05, 3.63) is 59.4 Å². The zero-order valence-electron chi connectivity index (χ0n) is 22.5. The van der Waals surface area contributed by atoms with Crippen molar-refractivity contribution in [2.45, 2.75) is 116 Å². The molecule has 2 aliphatic rings. The van der Waals surface area contributed by atoms with Crippen molar-refractivity contribution < 1.29 is 4.39 Å². The van der Waals surface area contributed by atoms with Gasteiger partial charge in [-0.15, -0.1) is 12.3 Å². The third-order valence-electron chi connectivity index (χ3n) is 8.47. The molecule has 0 heterocycles. The summed E-state index contributed by atoms with van der Waals surface area (Å²) < 4.78 is 15.1. The van der Waals surface area contributed by atoms with Gasteiger partial charge in [0, 0.05) is 12.0 Å². The fourth-order valence-electron chi connectivity index (χ4n) is 6.29. The van der Waals surface area contributed by atoms with E-state index in [1.54, 1.807) is 0 Å². The first-order valence-electron chi connectivity index (χ1n) is 14.5. The van der Waals surface area contributed by atoms with Crippen molar-refractivity contribution in [2.75, 3.05) is 0 Å². The second kappa shape index (κ2) is 14.5.